The third-order valence-electron chi connectivity index (χ3n) is 15.6. The standard InChI is InChI=1S/C54H94N22O12/c1-3-30(2)41(50(86)76-25-11-18-40(76)51(87)88)74-47(83)38(28-77)73-46(82)37(26-31-27-62-29-67-31)72-48(84)39-17-10-24-75(39)49(85)36(16-9-23-66-54(60)61)71-45(81)33(12-4-5-19-55)69-44(80)35(15-8-22-65-53(58)59)70-43(79)34(14-7-21-64-52(56)57)68-42(78)32-13-6-20-63-32/h27,29-30,32-41,63,77H,3-26,28,55H2,1-2H3,(H,62,67)(H,68,78)(H,69,80)(H,70,79)(H,71,81)(H,72,84)(H,73,82)(H,74,83)(H,87,88)(H4,56,57,64)(H4,58,59,65)(H4,60,61,66)/t30-,32-,33-,34-,35-,36-,37-,38-,39-,40-,41-/m0/s1. The maximum Gasteiger partial charge on any atom is 0.326 e. The first-order valence-electron chi connectivity index (χ1n) is 30.2. The number of aliphatic hydroxyl groups is 1. The summed E-state index contributed by atoms with van der Waals surface area (Å²) in [5, 5.41) is 72.8. The van der Waals surface area contributed by atoms with Gasteiger partial charge in [-0.3, -0.25) is 59.4 Å². The maximum atomic E-state index is 14.9. The van der Waals surface area contributed by atoms with E-state index in [2.05, 4.69) is 68.5 Å². The fourth-order valence-electron chi connectivity index (χ4n) is 10.6. The molecule has 0 unspecified atom stereocenters. The van der Waals surface area contributed by atoms with Crippen LogP contribution in [0.4, 0.5) is 0 Å². The number of carboxylic acid groups (broad SMARTS) is 1. The second kappa shape index (κ2) is 37.3. The summed E-state index contributed by atoms with van der Waals surface area (Å²) in [7, 11) is 0. The van der Waals surface area contributed by atoms with E-state index in [1.165, 1.54) is 22.3 Å². The number of H-pyrrole nitrogens is 1. The summed E-state index contributed by atoms with van der Waals surface area (Å²) in [6.45, 7) is 3.98. The zero-order chi connectivity index (χ0) is 64.9. The van der Waals surface area contributed by atoms with E-state index in [9.17, 15) is 58.2 Å². The van der Waals surface area contributed by atoms with E-state index in [1.54, 1.807) is 13.8 Å². The van der Waals surface area contributed by atoms with Crippen molar-refractivity contribution in [1.29, 1.82) is 16.2 Å². The average Bonchev–Trinajstić information content (AvgIpc) is 3.47. The summed E-state index contributed by atoms with van der Waals surface area (Å²) >= 11 is 0. The fraction of sp³-hybridized carbons (Fsp3) is 0.704. The summed E-state index contributed by atoms with van der Waals surface area (Å²) < 4.78 is 0. The van der Waals surface area contributed by atoms with Crippen molar-refractivity contribution >= 4 is 77.0 Å². The first-order chi connectivity index (χ1) is 42.0. The van der Waals surface area contributed by atoms with Gasteiger partial charge >= 0.3 is 5.97 Å². The summed E-state index contributed by atoms with van der Waals surface area (Å²) in [4.78, 5) is 149. The van der Waals surface area contributed by atoms with Crippen LogP contribution >= 0.6 is 0 Å². The molecule has 0 aliphatic carbocycles. The molecule has 4 rings (SSSR count). The molecule has 3 fully saturated rings. The smallest absolute Gasteiger partial charge is 0.326 e. The van der Waals surface area contributed by atoms with Crippen LogP contribution in [-0.2, 0) is 54.4 Å². The summed E-state index contributed by atoms with van der Waals surface area (Å²) in [6, 6.07) is -12.3. The highest BCUT2D eigenvalue weighted by Crippen LogP contribution is 2.23. The minimum atomic E-state index is -1.65. The number of nitrogens with zero attached hydrogens (tertiary/aromatic N) is 3. The van der Waals surface area contributed by atoms with E-state index in [4.69, 9.17) is 39.2 Å². The number of imidazole rings is 1. The van der Waals surface area contributed by atoms with Crippen molar-refractivity contribution in [2.75, 3.05) is 52.4 Å². The Balaban J connectivity index is 1.58. The third kappa shape index (κ3) is 23.4. The van der Waals surface area contributed by atoms with Crippen molar-refractivity contribution in [3.8, 4) is 0 Å². The monoisotopic (exact) mass is 1240 g/mol. The van der Waals surface area contributed by atoms with E-state index in [0.29, 0.717) is 50.8 Å². The van der Waals surface area contributed by atoms with Gasteiger partial charge in [0, 0.05) is 45.3 Å². The molecule has 34 heteroatoms. The molecule has 3 aliphatic rings. The Labute approximate surface area is 511 Å². The number of carboxylic acids is 1. The van der Waals surface area contributed by atoms with Crippen LogP contribution in [0.5, 0.6) is 0 Å². The Bertz CT molecular complexity index is 2540. The Morgan fingerprint density at radius 3 is 1.58 bits per heavy atom. The number of rotatable bonds is 38. The number of nitrogens with two attached hydrogens (primary N) is 4. The van der Waals surface area contributed by atoms with Crippen LogP contribution in [0.2, 0.25) is 0 Å². The summed E-state index contributed by atoms with van der Waals surface area (Å²) in [5.41, 5.74) is 22.6. The summed E-state index contributed by atoms with van der Waals surface area (Å²) in [6.07, 6.45) is 6.74. The van der Waals surface area contributed by atoms with Gasteiger partial charge < -0.3 is 106 Å². The van der Waals surface area contributed by atoms with Crippen molar-refractivity contribution in [3.05, 3.63) is 18.2 Å². The molecular weight excluding hydrogens is 1150 g/mol. The van der Waals surface area contributed by atoms with Gasteiger partial charge in [-0.2, -0.15) is 0 Å². The zero-order valence-corrected chi connectivity index (χ0v) is 50.3. The van der Waals surface area contributed by atoms with Crippen LogP contribution < -0.4 is 81.4 Å². The van der Waals surface area contributed by atoms with Crippen molar-refractivity contribution < 1.29 is 58.2 Å². The minimum Gasteiger partial charge on any atom is -0.480 e. The predicted octanol–water partition coefficient (Wildman–Crippen LogP) is -5.88. The van der Waals surface area contributed by atoms with Crippen molar-refractivity contribution in [3.63, 3.8) is 0 Å². The Hall–Kier alpha value is -8.40. The molecule has 11 atom stereocenters. The van der Waals surface area contributed by atoms with Crippen molar-refractivity contribution in [1.82, 2.24) is 78.3 Å². The molecule has 0 radical (unpaired) electrons. The molecule has 0 aromatic carbocycles. The van der Waals surface area contributed by atoms with Gasteiger partial charge in [-0.15, -0.1) is 0 Å². The second-order valence-electron chi connectivity index (χ2n) is 22.3. The third-order valence-corrected chi connectivity index (χ3v) is 15.6. The molecule has 1 aromatic rings. The minimum absolute atomic E-state index is 0.0136. The number of amides is 9. The molecule has 4 heterocycles. The number of likely N-dealkylation sites (tertiary alicyclic amines) is 2. The molecule has 0 bridgehead atoms. The number of hydrogen-bond donors (Lipinski definition) is 21. The van der Waals surface area contributed by atoms with E-state index in [-0.39, 0.29) is 121 Å². The zero-order valence-electron chi connectivity index (χ0n) is 50.3. The van der Waals surface area contributed by atoms with Gasteiger partial charge in [0.05, 0.1) is 24.7 Å². The van der Waals surface area contributed by atoms with Gasteiger partial charge in [-0.25, -0.2) is 9.78 Å². The molecule has 1 aromatic heterocycles. The van der Waals surface area contributed by atoms with Crippen molar-refractivity contribution in [2.45, 2.75) is 183 Å². The molecule has 3 aliphatic heterocycles. The number of carbonyl (C=O) groups excluding carboxylic acids is 9. The Morgan fingerprint density at radius 2 is 1.09 bits per heavy atom. The van der Waals surface area contributed by atoms with E-state index >= 15 is 0 Å². The average molecular weight is 1240 g/mol. The molecule has 9 amide bonds. The Kier molecular flexibility index (Phi) is 30.6. The predicted molar refractivity (Wildman–Crippen MR) is 321 cm³/mol. The van der Waals surface area contributed by atoms with Gasteiger partial charge in [0.25, 0.3) is 0 Å². The highest BCUT2D eigenvalue weighted by Gasteiger charge is 2.43. The Morgan fingerprint density at radius 1 is 0.614 bits per heavy atom. The van der Waals surface area contributed by atoms with Crippen LogP contribution in [0, 0.1) is 22.1 Å². The van der Waals surface area contributed by atoms with Gasteiger partial charge in [-0.05, 0) is 115 Å². The van der Waals surface area contributed by atoms with E-state index in [1.807, 2.05) is 0 Å². The van der Waals surface area contributed by atoms with Gasteiger partial charge in [0.15, 0.2) is 17.9 Å². The quantitative estimate of drug-likeness (QED) is 0.0167. The number of nitrogens with one attached hydrogen (secondary N) is 15. The molecule has 25 N–H and O–H groups in total. The number of guanidine groups is 3. The van der Waals surface area contributed by atoms with E-state index < -0.39 is 132 Å². The lowest BCUT2D eigenvalue weighted by Gasteiger charge is -2.32. The fourth-order valence-corrected chi connectivity index (χ4v) is 10.6. The molecule has 34 nitrogen and oxygen atoms in total. The number of aliphatic carboxylic acids is 1. The highest BCUT2D eigenvalue weighted by molar-refractivity contribution is 5.99. The number of unbranched alkanes of at least 4 members (excludes halogenated alkanes) is 1. The topological polar surface area (TPSA) is 554 Å². The summed E-state index contributed by atoms with van der Waals surface area (Å²) in [5.74, 6) is -9.41. The number of hydrogen-bond acceptors (Lipinski definition) is 17. The number of aromatic nitrogens is 2. The molecule has 0 saturated carbocycles. The lowest BCUT2D eigenvalue weighted by atomic mass is 9.97. The lowest BCUT2D eigenvalue weighted by Crippen LogP contribution is -2.61. The highest BCUT2D eigenvalue weighted by atomic mass is 16.4. The van der Waals surface area contributed by atoms with Gasteiger partial charge in [0.1, 0.15) is 54.4 Å². The number of aliphatic hydroxyl groups excluding tert-OH is 1. The molecule has 0 spiro atoms. The second-order valence-corrected chi connectivity index (χ2v) is 22.3. The van der Waals surface area contributed by atoms with Crippen molar-refractivity contribution in [2.24, 2.45) is 28.9 Å². The van der Waals surface area contributed by atoms with Gasteiger partial charge in [0.2, 0.25) is 53.2 Å². The normalized spacial score (nSPS) is 19.0. The molecule has 492 valence electrons. The first-order valence-corrected chi connectivity index (χ1v) is 30.2. The lowest BCUT2D eigenvalue weighted by molar-refractivity contribution is -0.150. The van der Waals surface area contributed by atoms with Gasteiger partial charge in [-0.1, -0.05) is 20.3 Å². The van der Waals surface area contributed by atoms with Crippen LogP contribution in [0.15, 0.2) is 12.5 Å². The SMILES string of the molecule is CC[C@H](C)[C@H](NC(=O)[C@H](CO)NC(=O)[C@H](Cc1c[nH]cn1)NC(=O)[C@@H]1CCCN1C(=O)[C@H](CCCNC(=N)N)NC(=O)[C@H](CCCCN)NC(=O)[C@H](CCCNC(=N)N)NC(=O)[C@H](CCCNC(=N)N)NC(=O)[C@@H]1CCCN1)C(=O)N1CCC[C@H]1C(=O)O. The molecular formula is C54H94N22O12. The number of carbonyl (C=O) groups is 10. The maximum absolute atomic E-state index is 14.9. The molecule has 3 saturated heterocycles. The van der Waals surface area contributed by atoms with Crippen LogP contribution in [0.25, 0.3) is 0 Å². The van der Waals surface area contributed by atoms with Crippen LogP contribution in [0.1, 0.15) is 122 Å². The van der Waals surface area contributed by atoms with E-state index in [0.717, 1.165) is 6.42 Å². The van der Waals surface area contributed by atoms with Crippen LogP contribution in [-0.4, -0.2) is 220 Å². The molecule has 88 heavy (non-hydrogen) atoms. The largest absolute Gasteiger partial charge is 0.480 e. The van der Waals surface area contributed by atoms with Crippen LogP contribution in [0.3, 0.4) is 0 Å². The first kappa shape index (κ1) is 72.1. The number of aromatic amines is 1.